The van der Waals surface area contributed by atoms with Crippen LogP contribution in [-0.2, 0) is 29.0 Å². The van der Waals surface area contributed by atoms with Gasteiger partial charge >= 0.3 is 6.09 Å². The minimum Gasteiger partial charge on any atom is -0.444 e. The molecule has 148 valence electrons. The highest BCUT2D eigenvalue weighted by atomic mass is 19.2. The molecule has 5 nitrogen and oxygen atoms in total. The Morgan fingerprint density at radius 2 is 1.82 bits per heavy atom. The third-order valence-corrected chi connectivity index (χ3v) is 4.25. The number of carbonyl (C=O) groups is 2. The van der Waals surface area contributed by atoms with Gasteiger partial charge < -0.3 is 10.1 Å². The molecule has 2 amide bonds. The van der Waals surface area contributed by atoms with E-state index in [-0.39, 0.29) is 12.0 Å². The van der Waals surface area contributed by atoms with Crippen molar-refractivity contribution in [3.63, 3.8) is 0 Å². The van der Waals surface area contributed by atoms with Crippen LogP contribution < -0.4 is 5.32 Å². The van der Waals surface area contributed by atoms with Crippen LogP contribution in [-0.4, -0.2) is 22.5 Å². The normalized spacial score (nSPS) is 13.2. The van der Waals surface area contributed by atoms with Crippen LogP contribution in [0.4, 0.5) is 19.3 Å². The molecule has 0 unspecified atom stereocenters. The van der Waals surface area contributed by atoms with Gasteiger partial charge in [0.2, 0.25) is 5.91 Å². The molecular weight excluding hydrogens is 366 g/mol. The van der Waals surface area contributed by atoms with Crippen molar-refractivity contribution in [3.05, 3.63) is 64.7 Å². The third-order valence-electron chi connectivity index (χ3n) is 4.25. The molecule has 0 saturated carbocycles. The summed E-state index contributed by atoms with van der Waals surface area (Å²) in [5.74, 6) is -2.45. The lowest BCUT2D eigenvalue weighted by molar-refractivity contribution is -0.115. The van der Waals surface area contributed by atoms with Gasteiger partial charge in [-0.15, -0.1) is 0 Å². The zero-order chi connectivity index (χ0) is 20.5. The number of halogens is 2. The van der Waals surface area contributed by atoms with Gasteiger partial charge in [0.25, 0.3) is 0 Å². The Bertz CT molecular complexity index is 922. The summed E-state index contributed by atoms with van der Waals surface area (Å²) < 4.78 is 32.4. The number of benzene rings is 2. The summed E-state index contributed by atoms with van der Waals surface area (Å²) in [6.45, 7) is 6.25. The minimum absolute atomic E-state index is 0.00485. The topological polar surface area (TPSA) is 58.6 Å². The fourth-order valence-corrected chi connectivity index (χ4v) is 2.99. The van der Waals surface area contributed by atoms with Crippen molar-refractivity contribution in [2.24, 2.45) is 0 Å². The zero-order valence-corrected chi connectivity index (χ0v) is 16.0. The highest BCUT2D eigenvalue weighted by Gasteiger charge is 2.28. The van der Waals surface area contributed by atoms with Crippen LogP contribution in [0.2, 0.25) is 0 Å². The zero-order valence-electron chi connectivity index (χ0n) is 16.0. The number of nitrogens with one attached hydrogen (secondary N) is 1. The summed E-state index contributed by atoms with van der Waals surface area (Å²) >= 11 is 0. The van der Waals surface area contributed by atoms with Crippen LogP contribution >= 0.6 is 0 Å². The summed E-state index contributed by atoms with van der Waals surface area (Å²) in [5.41, 5.74) is 1.83. The molecule has 0 saturated heterocycles. The summed E-state index contributed by atoms with van der Waals surface area (Å²) in [7, 11) is 0. The first-order valence-corrected chi connectivity index (χ1v) is 8.95. The second-order valence-corrected chi connectivity index (χ2v) is 7.76. The second-order valence-electron chi connectivity index (χ2n) is 7.76. The monoisotopic (exact) mass is 388 g/mol. The Morgan fingerprint density at radius 1 is 1.11 bits per heavy atom. The standard InChI is InChI=1S/C21H22F2N2O3/c1-21(2,3)28-20(27)25-11-14-7-8-16(9-15(14)12-25)24-18(26)10-13-5-4-6-17(22)19(13)23/h4-9H,10-12H2,1-3H3,(H,24,26). The van der Waals surface area contributed by atoms with Gasteiger partial charge in [0.1, 0.15) is 5.60 Å². The maximum Gasteiger partial charge on any atom is 0.410 e. The van der Waals surface area contributed by atoms with Gasteiger partial charge in [-0.05, 0) is 50.1 Å². The summed E-state index contributed by atoms with van der Waals surface area (Å²) in [4.78, 5) is 26.0. The molecule has 2 aromatic carbocycles. The molecule has 3 rings (SSSR count). The van der Waals surface area contributed by atoms with E-state index < -0.39 is 29.2 Å². The second kappa shape index (κ2) is 7.58. The summed E-state index contributed by atoms with van der Waals surface area (Å²) in [6, 6.07) is 9.07. The SMILES string of the molecule is CC(C)(C)OC(=O)N1Cc2ccc(NC(=O)Cc3cccc(F)c3F)cc2C1. The number of hydrogen-bond acceptors (Lipinski definition) is 3. The van der Waals surface area contributed by atoms with Crippen molar-refractivity contribution >= 4 is 17.7 Å². The molecule has 0 atom stereocenters. The molecule has 1 aliphatic heterocycles. The predicted octanol–water partition coefficient (Wildman–Crippen LogP) is 4.40. The molecule has 0 fully saturated rings. The van der Waals surface area contributed by atoms with E-state index in [4.69, 9.17) is 4.74 Å². The minimum atomic E-state index is -1.01. The smallest absolute Gasteiger partial charge is 0.410 e. The van der Waals surface area contributed by atoms with E-state index >= 15 is 0 Å². The van der Waals surface area contributed by atoms with Crippen LogP contribution in [0.25, 0.3) is 0 Å². The molecule has 28 heavy (non-hydrogen) atoms. The van der Waals surface area contributed by atoms with Gasteiger partial charge in [0.05, 0.1) is 6.42 Å². The Labute approximate surface area is 162 Å². The lowest BCUT2D eigenvalue weighted by atomic mass is 10.1. The van der Waals surface area contributed by atoms with Crippen molar-refractivity contribution < 1.29 is 23.1 Å². The first kappa shape index (κ1) is 19.8. The van der Waals surface area contributed by atoms with Gasteiger partial charge in [0, 0.05) is 24.3 Å². The highest BCUT2D eigenvalue weighted by Crippen LogP contribution is 2.27. The molecule has 1 heterocycles. The first-order chi connectivity index (χ1) is 13.1. The number of fused-ring (bicyclic) bond motifs is 1. The fourth-order valence-electron chi connectivity index (χ4n) is 2.99. The van der Waals surface area contributed by atoms with Crippen molar-refractivity contribution in [3.8, 4) is 0 Å². The van der Waals surface area contributed by atoms with E-state index in [0.717, 1.165) is 17.2 Å². The number of carbonyl (C=O) groups excluding carboxylic acids is 2. The maximum atomic E-state index is 13.7. The lowest BCUT2D eigenvalue weighted by Gasteiger charge is -2.24. The lowest BCUT2D eigenvalue weighted by Crippen LogP contribution is -2.33. The van der Waals surface area contributed by atoms with E-state index in [1.807, 2.05) is 26.8 Å². The fraction of sp³-hybridized carbons (Fsp3) is 0.333. The summed E-state index contributed by atoms with van der Waals surface area (Å²) in [6.07, 6.45) is -0.666. The molecule has 0 aromatic heterocycles. The molecule has 7 heteroatoms. The molecule has 1 aliphatic rings. The predicted molar refractivity (Wildman–Crippen MR) is 101 cm³/mol. The van der Waals surface area contributed by atoms with E-state index in [0.29, 0.717) is 18.8 Å². The number of nitrogens with zero attached hydrogens (tertiary/aromatic N) is 1. The van der Waals surface area contributed by atoms with Gasteiger partial charge in [-0.3, -0.25) is 9.69 Å². The molecule has 1 N–H and O–H groups in total. The Hall–Kier alpha value is -2.96. The highest BCUT2D eigenvalue weighted by molar-refractivity contribution is 5.92. The Morgan fingerprint density at radius 3 is 2.54 bits per heavy atom. The summed E-state index contributed by atoms with van der Waals surface area (Å²) in [5, 5.41) is 2.69. The Kier molecular flexibility index (Phi) is 5.36. The van der Waals surface area contributed by atoms with Gasteiger partial charge in [0.15, 0.2) is 11.6 Å². The molecule has 0 aliphatic carbocycles. The molecule has 2 aromatic rings. The third kappa shape index (κ3) is 4.65. The van der Waals surface area contributed by atoms with E-state index in [9.17, 15) is 18.4 Å². The van der Waals surface area contributed by atoms with Crippen molar-refractivity contribution in [1.82, 2.24) is 4.90 Å². The molecule has 0 bridgehead atoms. The number of rotatable bonds is 3. The van der Waals surface area contributed by atoms with Crippen LogP contribution in [0.1, 0.15) is 37.5 Å². The van der Waals surface area contributed by atoms with E-state index in [1.54, 1.807) is 17.0 Å². The van der Waals surface area contributed by atoms with Crippen molar-refractivity contribution in [2.45, 2.75) is 45.9 Å². The quantitative estimate of drug-likeness (QED) is 0.848. The number of anilines is 1. The maximum absolute atomic E-state index is 13.7. The number of ether oxygens (including phenoxy) is 1. The van der Waals surface area contributed by atoms with Crippen molar-refractivity contribution in [1.29, 1.82) is 0 Å². The average molecular weight is 388 g/mol. The first-order valence-electron chi connectivity index (χ1n) is 8.95. The Balaban J connectivity index is 1.64. The van der Waals surface area contributed by atoms with E-state index in [1.165, 1.54) is 12.1 Å². The van der Waals surface area contributed by atoms with Gasteiger partial charge in [-0.1, -0.05) is 18.2 Å². The number of hydrogen-bond donors (Lipinski definition) is 1. The van der Waals surface area contributed by atoms with Crippen LogP contribution in [0.5, 0.6) is 0 Å². The molecule has 0 radical (unpaired) electrons. The number of amides is 2. The molecule has 0 spiro atoms. The van der Waals surface area contributed by atoms with Crippen molar-refractivity contribution in [2.75, 3.05) is 5.32 Å². The van der Waals surface area contributed by atoms with Crippen LogP contribution in [0.15, 0.2) is 36.4 Å². The van der Waals surface area contributed by atoms with Crippen LogP contribution in [0, 0.1) is 11.6 Å². The largest absolute Gasteiger partial charge is 0.444 e. The van der Waals surface area contributed by atoms with Gasteiger partial charge in [-0.2, -0.15) is 0 Å². The molecular formula is C21H22F2N2O3. The van der Waals surface area contributed by atoms with E-state index in [2.05, 4.69) is 5.32 Å². The van der Waals surface area contributed by atoms with Gasteiger partial charge in [-0.25, -0.2) is 13.6 Å². The average Bonchev–Trinajstić information content (AvgIpc) is 3.01. The van der Waals surface area contributed by atoms with Crippen LogP contribution in [0.3, 0.4) is 0 Å².